The highest BCUT2D eigenvalue weighted by Gasteiger charge is 2.22. The van der Waals surface area contributed by atoms with Crippen molar-refractivity contribution in [2.45, 2.75) is 39.6 Å². The molecule has 0 amide bonds. The highest BCUT2D eigenvalue weighted by Crippen LogP contribution is 2.29. The number of benzene rings is 1. The van der Waals surface area contributed by atoms with Gasteiger partial charge in [0.2, 0.25) is 0 Å². The molecule has 1 aromatic heterocycles. The van der Waals surface area contributed by atoms with Gasteiger partial charge in [0.15, 0.2) is 11.6 Å². The van der Waals surface area contributed by atoms with Crippen molar-refractivity contribution >= 4 is 22.6 Å². The van der Waals surface area contributed by atoms with Crippen LogP contribution in [-0.4, -0.2) is 9.55 Å². The second-order valence-corrected chi connectivity index (χ2v) is 5.76. The van der Waals surface area contributed by atoms with Gasteiger partial charge in [-0.25, -0.2) is 13.8 Å². The molecule has 2 nitrogen and oxygen atoms in total. The summed E-state index contributed by atoms with van der Waals surface area (Å²) in [6, 6.07) is 2.58. The number of nitrogens with zero attached hydrogens (tertiary/aromatic N) is 2. The van der Waals surface area contributed by atoms with Gasteiger partial charge in [0.25, 0.3) is 0 Å². The standard InChI is InChI=1S/C14H17ClF2N2/c1-4-14(2,3)8-19-11(7-15)18-10-6-5-9(16)12(17)13(10)19/h5-6H,4,7-8H2,1-3H3. The Labute approximate surface area is 116 Å². The fourth-order valence-electron chi connectivity index (χ4n) is 2.02. The number of rotatable bonds is 4. The van der Waals surface area contributed by atoms with E-state index in [1.54, 1.807) is 4.57 Å². The first-order valence-corrected chi connectivity index (χ1v) is 6.82. The van der Waals surface area contributed by atoms with Crippen molar-refractivity contribution in [1.82, 2.24) is 9.55 Å². The van der Waals surface area contributed by atoms with Crippen LogP contribution in [0.2, 0.25) is 0 Å². The Morgan fingerprint density at radius 1 is 1.32 bits per heavy atom. The van der Waals surface area contributed by atoms with Crippen LogP contribution in [0.5, 0.6) is 0 Å². The molecule has 0 saturated heterocycles. The van der Waals surface area contributed by atoms with Crippen LogP contribution < -0.4 is 0 Å². The Hall–Kier alpha value is -1.16. The van der Waals surface area contributed by atoms with E-state index in [0.29, 0.717) is 17.9 Å². The minimum absolute atomic E-state index is 0.0345. The molecular weight excluding hydrogens is 270 g/mol. The lowest BCUT2D eigenvalue weighted by Crippen LogP contribution is -2.20. The van der Waals surface area contributed by atoms with Gasteiger partial charge >= 0.3 is 0 Å². The molecule has 0 radical (unpaired) electrons. The first kappa shape index (κ1) is 14.3. The summed E-state index contributed by atoms with van der Waals surface area (Å²) in [5, 5.41) is 0. The van der Waals surface area contributed by atoms with Crippen LogP contribution in [0.3, 0.4) is 0 Å². The molecule has 5 heteroatoms. The molecule has 0 spiro atoms. The van der Waals surface area contributed by atoms with Crippen molar-refractivity contribution in [3.63, 3.8) is 0 Å². The van der Waals surface area contributed by atoms with Crippen LogP contribution in [0.25, 0.3) is 11.0 Å². The van der Waals surface area contributed by atoms with E-state index in [4.69, 9.17) is 11.6 Å². The molecule has 1 heterocycles. The maximum absolute atomic E-state index is 14.0. The number of fused-ring (bicyclic) bond motifs is 1. The Kier molecular flexibility index (Phi) is 3.81. The van der Waals surface area contributed by atoms with Crippen LogP contribution >= 0.6 is 11.6 Å². The summed E-state index contributed by atoms with van der Waals surface area (Å²) in [6.45, 7) is 6.78. The molecule has 0 aliphatic carbocycles. The van der Waals surface area contributed by atoms with Crippen molar-refractivity contribution in [1.29, 1.82) is 0 Å². The van der Waals surface area contributed by atoms with E-state index in [1.807, 2.05) is 0 Å². The van der Waals surface area contributed by atoms with Crippen LogP contribution in [0.4, 0.5) is 8.78 Å². The van der Waals surface area contributed by atoms with Crippen molar-refractivity contribution in [2.24, 2.45) is 5.41 Å². The summed E-state index contributed by atoms with van der Waals surface area (Å²) in [5.74, 6) is -0.963. The molecule has 104 valence electrons. The van der Waals surface area contributed by atoms with Crippen molar-refractivity contribution in [2.75, 3.05) is 0 Å². The van der Waals surface area contributed by atoms with Gasteiger partial charge in [0, 0.05) is 6.54 Å². The lowest BCUT2D eigenvalue weighted by molar-refractivity contribution is 0.294. The second-order valence-electron chi connectivity index (χ2n) is 5.49. The topological polar surface area (TPSA) is 17.8 Å². The van der Waals surface area contributed by atoms with Crippen LogP contribution in [0.1, 0.15) is 33.0 Å². The van der Waals surface area contributed by atoms with E-state index in [1.165, 1.54) is 6.07 Å². The summed E-state index contributed by atoms with van der Waals surface area (Å²) in [5.41, 5.74) is 0.617. The summed E-state index contributed by atoms with van der Waals surface area (Å²) in [4.78, 5) is 4.28. The van der Waals surface area contributed by atoms with Crippen molar-refractivity contribution in [3.8, 4) is 0 Å². The summed E-state index contributed by atoms with van der Waals surface area (Å²) in [6.07, 6.45) is 0.922. The third-order valence-electron chi connectivity index (χ3n) is 3.54. The third-order valence-corrected chi connectivity index (χ3v) is 3.78. The second kappa shape index (κ2) is 5.08. The highest BCUT2D eigenvalue weighted by atomic mass is 35.5. The zero-order valence-electron chi connectivity index (χ0n) is 11.3. The Morgan fingerprint density at radius 2 is 2.00 bits per heavy atom. The SMILES string of the molecule is CCC(C)(C)Cn1c(CCl)nc2ccc(F)c(F)c21. The lowest BCUT2D eigenvalue weighted by Gasteiger charge is -2.24. The first-order chi connectivity index (χ1) is 8.89. The lowest BCUT2D eigenvalue weighted by atomic mass is 9.90. The first-order valence-electron chi connectivity index (χ1n) is 6.28. The molecule has 2 rings (SSSR count). The van der Waals surface area contributed by atoms with Crippen LogP contribution in [-0.2, 0) is 12.4 Å². The smallest absolute Gasteiger partial charge is 0.184 e. The maximum Gasteiger partial charge on any atom is 0.184 e. The molecule has 0 fully saturated rings. The molecule has 19 heavy (non-hydrogen) atoms. The van der Waals surface area contributed by atoms with Gasteiger partial charge in [-0.1, -0.05) is 20.8 Å². The van der Waals surface area contributed by atoms with Gasteiger partial charge in [-0.05, 0) is 24.0 Å². The highest BCUT2D eigenvalue weighted by molar-refractivity contribution is 6.16. The minimum atomic E-state index is -0.857. The van der Waals surface area contributed by atoms with Crippen molar-refractivity contribution in [3.05, 3.63) is 29.6 Å². The van der Waals surface area contributed by atoms with E-state index >= 15 is 0 Å². The molecule has 0 saturated carbocycles. The Bertz CT molecular complexity index is 605. The number of halogens is 3. The zero-order chi connectivity index (χ0) is 14.2. The molecule has 0 unspecified atom stereocenters. The molecule has 0 aliphatic rings. The van der Waals surface area contributed by atoms with Gasteiger partial charge < -0.3 is 4.57 Å². The van der Waals surface area contributed by atoms with E-state index in [2.05, 4.69) is 25.8 Å². The van der Waals surface area contributed by atoms with Gasteiger partial charge in [-0.2, -0.15) is 0 Å². The molecule has 0 bridgehead atoms. The average Bonchev–Trinajstić information content (AvgIpc) is 2.72. The third kappa shape index (κ3) is 2.59. The summed E-state index contributed by atoms with van der Waals surface area (Å²) >= 11 is 5.87. The summed E-state index contributed by atoms with van der Waals surface area (Å²) < 4.78 is 29.1. The van der Waals surface area contributed by atoms with Gasteiger partial charge in [0.05, 0.1) is 11.4 Å². The monoisotopic (exact) mass is 286 g/mol. The molecule has 0 aliphatic heterocycles. The number of hydrogen-bond acceptors (Lipinski definition) is 1. The fraction of sp³-hybridized carbons (Fsp3) is 0.500. The van der Waals surface area contributed by atoms with Gasteiger partial charge in [-0.15, -0.1) is 11.6 Å². The number of aromatic nitrogens is 2. The predicted molar refractivity (Wildman–Crippen MR) is 73.3 cm³/mol. The molecule has 1 aromatic carbocycles. The normalized spacial score (nSPS) is 12.3. The minimum Gasteiger partial charge on any atom is -0.324 e. The van der Waals surface area contributed by atoms with Crippen LogP contribution in [0, 0.1) is 17.0 Å². The maximum atomic E-state index is 14.0. The fourth-order valence-corrected chi connectivity index (χ4v) is 2.22. The van der Waals surface area contributed by atoms with E-state index < -0.39 is 11.6 Å². The van der Waals surface area contributed by atoms with Gasteiger partial charge in [-0.3, -0.25) is 0 Å². The zero-order valence-corrected chi connectivity index (χ0v) is 12.1. The van der Waals surface area contributed by atoms with Crippen LogP contribution in [0.15, 0.2) is 12.1 Å². The molecule has 2 aromatic rings. The van der Waals surface area contributed by atoms with E-state index in [0.717, 1.165) is 12.5 Å². The van der Waals surface area contributed by atoms with E-state index in [9.17, 15) is 8.78 Å². The largest absolute Gasteiger partial charge is 0.324 e. The van der Waals surface area contributed by atoms with Gasteiger partial charge in [0.1, 0.15) is 11.3 Å². The molecular formula is C14H17ClF2N2. The average molecular weight is 287 g/mol. The molecule has 0 N–H and O–H groups in total. The Balaban J connectivity index is 2.66. The summed E-state index contributed by atoms with van der Waals surface area (Å²) in [7, 11) is 0. The number of alkyl halides is 1. The molecule has 0 atom stereocenters. The number of hydrogen-bond donors (Lipinski definition) is 0. The van der Waals surface area contributed by atoms with Crippen molar-refractivity contribution < 1.29 is 8.78 Å². The number of imidazole rings is 1. The predicted octanol–water partition coefficient (Wildman–Crippen LogP) is 4.49. The van der Waals surface area contributed by atoms with E-state index in [-0.39, 0.29) is 16.8 Å². The quantitative estimate of drug-likeness (QED) is 0.757. The Morgan fingerprint density at radius 3 is 2.58 bits per heavy atom.